The Hall–Kier alpha value is -1.51. The van der Waals surface area contributed by atoms with Gasteiger partial charge in [0.1, 0.15) is 5.82 Å². The maximum Gasteiger partial charge on any atom is 0.253 e. The average molecular weight is 345 g/mol. The minimum Gasteiger partial charge on any atom is -0.383 e. The molecule has 0 bridgehead atoms. The third kappa shape index (κ3) is 4.76. The van der Waals surface area contributed by atoms with E-state index in [0.717, 1.165) is 16.6 Å². The van der Waals surface area contributed by atoms with Gasteiger partial charge in [0.05, 0.1) is 16.6 Å². The van der Waals surface area contributed by atoms with Crippen molar-refractivity contribution in [3.8, 4) is 0 Å². The number of thiophene rings is 1. The van der Waals surface area contributed by atoms with E-state index in [1.807, 2.05) is 6.07 Å². The van der Waals surface area contributed by atoms with Crippen LogP contribution < -0.4 is 11.3 Å². The second-order valence-electron chi connectivity index (χ2n) is 4.22. The van der Waals surface area contributed by atoms with Crippen LogP contribution in [0.1, 0.15) is 4.88 Å². The minimum atomic E-state index is -0.334. The molecule has 0 aliphatic rings. The first-order valence-electron chi connectivity index (χ1n) is 5.92. The molecule has 2 heterocycles. The monoisotopic (exact) mass is 344 g/mol. The zero-order chi connectivity index (χ0) is 15.4. The smallest absolute Gasteiger partial charge is 0.253 e. The molecule has 0 saturated carbocycles. The Kier molecular flexibility index (Phi) is 5.27. The van der Waals surface area contributed by atoms with Crippen LogP contribution in [0, 0.1) is 0 Å². The summed E-state index contributed by atoms with van der Waals surface area (Å²) < 4.78 is 0.696. The Morgan fingerprint density at radius 2 is 2.33 bits per heavy atom. The lowest BCUT2D eigenvalue weighted by Crippen LogP contribution is -2.27. The van der Waals surface area contributed by atoms with Crippen molar-refractivity contribution in [1.29, 1.82) is 0 Å². The van der Waals surface area contributed by atoms with E-state index in [9.17, 15) is 9.59 Å². The van der Waals surface area contributed by atoms with Crippen LogP contribution in [0.25, 0.3) is 0 Å². The lowest BCUT2D eigenvalue weighted by Gasteiger charge is -2.15. The quantitative estimate of drug-likeness (QED) is 0.637. The molecule has 0 unspecified atom stereocenters. The van der Waals surface area contributed by atoms with Crippen molar-refractivity contribution in [1.82, 2.24) is 14.9 Å². The Morgan fingerprint density at radius 1 is 1.57 bits per heavy atom. The number of aromatic nitrogens is 2. The number of hydrogen-bond donors (Lipinski definition) is 2. The van der Waals surface area contributed by atoms with Crippen molar-refractivity contribution < 1.29 is 4.79 Å². The molecule has 9 heteroatoms. The van der Waals surface area contributed by atoms with E-state index in [-0.39, 0.29) is 23.0 Å². The van der Waals surface area contributed by atoms with Crippen molar-refractivity contribution in [2.75, 3.05) is 18.5 Å². The van der Waals surface area contributed by atoms with Crippen molar-refractivity contribution in [3.05, 3.63) is 37.8 Å². The maximum absolute atomic E-state index is 12.0. The Bertz CT molecular complexity index is 701. The third-order valence-corrected chi connectivity index (χ3v) is 4.59. The van der Waals surface area contributed by atoms with Gasteiger partial charge in [0.15, 0.2) is 5.16 Å². The summed E-state index contributed by atoms with van der Waals surface area (Å²) in [6, 6.07) is 4.88. The molecule has 0 atom stereocenters. The molecule has 21 heavy (non-hydrogen) atoms. The molecule has 0 aliphatic carbocycles. The largest absolute Gasteiger partial charge is 0.383 e. The lowest BCUT2D eigenvalue weighted by atomic mass is 10.4. The second-order valence-corrected chi connectivity index (χ2v) is 6.98. The van der Waals surface area contributed by atoms with Gasteiger partial charge < -0.3 is 15.6 Å². The van der Waals surface area contributed by atoms with Gasteiger partial charge in [-0.25, -0.2) is 4.98 Å². The molecule has 1 amide bonds. The van der Waals surface area contributed by atoms with E-state index in [4.69, 9.17) is 17.3 Å². The molecule has 0 fully saturated rings. The molecule has 2 rings (SSSR count). The second kappa shape index (κ2) is 6.97. The number of nitrogens with one attached hydrogen (secondary N) is 1. The van der Waals surface area contributed by atoms with Crippen molar-refractivity contribution in [2.45, 2.75) is 11.7 Å². The van der Waals surface area contributed by atoms with Crippen LogP contribution in [-0.2, 0) is 11.3 Å². The summed E-state index contributed by atoms with van der Waals surface area (Å²) >= 11 is 8.43. The standard InChI is InChI=1S/C12H13ClN4O2S2/c1-17(5-7-2-3-8(13)21-7)11(19)6-20-12-15-9(14)4-10(18)16-12/h2-4H,5-6H2,1H3,(H3,14,15,16,18). The summed E-state index contributed by atoms with van der Waals surface area (Å²) in [4.78, 5) is 32.3. The van der Waals surface area contributed by atoms with Gasteiger partial charge in [-0.2, -0.15) is 0 Å². The number of H-pyrrole nitrogens is 1. The van der Waals surface area contributed by atoms with Gasteiger partial charge in [0.25, 0.3) is 5.56 Å². The number of nitrogens with zero attached hydrogens (tertiary/aromatic N) is 2. The first-order chi connectivity index (χ1) is 9.94. The van der Waals surface area contributed by atoms with Crippen LogP contribution in [0.5, 0.6) is 0 Å². The number of carbonyl (C=O) groups is 1. The first kappa shape index (κ1) is 15.9. The van der Waals surface area contributed by atoms with Crippen LogP contribution in [0.15, 0.2) is 28.2 Å². The number of hydrogen-bond acceptors (Lipinski definition) is 6. The highest BCUT2D eigenvalue weighted by Crippen LogP contribution is 2.22. The molecule has 0 aliphatic heterocycles. The van der Waals surface area contributed by atoms with Crippen LogP contribution in [0.3, 0.4) is 0 Å². The lowest BCUT2D eigenvalue weighted by molar-refractivity contribution is -0.127. The number of aromatic amines is 1. The number of nitrogens with two attached hydrogens (primary N) is 1. The predicted molar refractivity (Wildman–Crippen MR) is 85.8 cm³/mol. The van der Waals surface area contributed by atoms with Gasteiger partial charge >= 0.3 is 0 Å². The van der Waals surface area contributed by atoms with E-state index in [1.165, 1.54) is 17.4 Å². The minimum absolute atomic E-state index is 0.0744. The Labute approximate surface area is 134 Å². The number of thioether (sulfide) groups is 1. The highest BCUT2D eigenvalue weighted by molar-refractivity contribution is 7.99. The van der Waals surface area contributed by atoms with E-state index < -0.39 is 0 Å². The molecule has 2 aromatic heterocycles. The molecule has 0 spiro atoms. The van der Waals surface area contributed by atoms with Gasteiger partial charge in [0.2, 0.25) is 5.91 Å². The van der Waals surface area contributed by atoms with E-state index in [0.29, 0.717) is 16.0 Å². The molecule has 3 N–H and O–H groups in total. The van der Waals surface area contributed by atoms with Crippen LogP contribution >= 0.6 is 34.7 Å². The number of anilines is 1. The Balaban J connectivity index is 1.90. The molecule has 0 saturated heterocycles. The number of nitrogen functional groups attached to an aromatic ring is 1. The van der Waals surface area contributed by atoms with Crippen LogP contribution in [0.4, 0.5) is 5.82 Å². The topological polar surface area (TPSA) is 92.1 Å². The summed E-state index contributed by atoms with van der Waals surface area (Å²) in [6.45, 7) is 0.498. The van der Waals surface area contributed by atoms with Crippen molar-refractivity contribution in [3.63, 3.8) is 0 Å². The van der Waals surface area contributed by atoms with E-state index in [2.05, 4.69) is 9.97 Å². The highest BCUT2D eigenvalue weighted by atomic mass is 35.5. The fourth-order valence-corrected chi connectivity index (χ4v) is 3.48. The summed E-state index contributed by atoms with van der Waals surface area (Å²) in [5.74, 6) is 0.229. The van der Waals surface area contributed by atoms with Gasteiger partial charge in [-0.1, -0.05) is 23.4 Å². The fourth-order valence-electron chi connectivity index (χ4n) is 1.52. The van der Waals surface area contributed by atoms with Gasteiger partial charge in [0, 0.05) is 18.0 Å². The molecular formula is C12H13ClN4O2S2. The maximum atomic E-state index is 12.0. The van der Waals surface area contributed by atoms with Crippen LogP contribution in [-0.4, -0.2) is 33.6 Å². The average Bonchev–Trinajstić information content (AvgIpc) is 2.80. The summed E-state index contributed by atoms with van der Waals surface area (Å²) in [7, 11) is 1.71. The predicted octanol–water partition coefficient (Wildman–Crippen LogP) is 1.82. The Morgan fingerprint density at radius 3 is 2.95 bits per heavy atom. The summed E-state index contributed by atoms with van der Waals surface area (Å²) in [5.41, 5.74) is 5.14. The summed E-state index contributed by atoms with van der Waals surface area (Å²) in [5, 5.41) is 0.334. The molecule has 112 valence electrons. The molecule has 0 aromatic carbocycles. The summed E-state index contributed by atoms with van der Waals surface area (Å²) in [6.07, 6.45) is 0. The number of carbonyl (C=O) groups excluding carboxylic acids is 1. The zero-order valence-corrected chi connectivity index (χ0v) is 13.5. The SMILES string of the molecule is CN(Cc1ccc(Cl)s1)C(=O)CSc1nc(N)cc(=O)[nH]1. The van der Waals surface area contributed by atoms with E-state index in [1.54, 1.807) is 18.0 Å². The van der Waals surface area contributed by atoms with Gasteiger partial charge in [-0.05, 0) is 12.1 Å². The van der Waals surface area contributed by atoms with E-state index >= 15 is 0 Å². The van der Waals surface area contributed by atoms with Crippen molar-refractivity contribution >= 4 is 46.4 Å². The fraction of sp³-hybridized carbons (Fsp3) is 0.250. The first-order valence-corrected chi connectivity index (χ1v) is 8.10. The third-order valence-electron chi connectivity index (χ3n) is 2.52. The van der Waals surface area contributed by atoms with Gasteiger partial charge in [-0.15, -0.1) is 11.3 Å². The molecule has 6 nitrogen and oxygen atoms in total. The zero-order valence-electron chi connectivity index (χ0n) is 11.1. The molecule has 2 aromatic rings. The number of halogens is 1. The van der Waals surface area contributed by atoms with Crippen molar-refractivity contribution in [2.24, 2.45) is 0 Å². The van der Waals surface area contributed by atoms with Crippen LogP contribution in [0.2, 0.25) is 4.34 Å². The normalized spacial score (nSPS) is 10.6. The molecule has 0 radical (unpaired) electrons. The number of rotatable bonds is 5. The number of amides is 1. The molecular weight excluding hydrogens is 332 g/mol. The highest BCUT2D eigenvalue weighted by Gasteiger charge is 2.12. The van der Waals surface area contributed by atoms with Gasteiger partial charge in [-0.3, -0.25) is 9.59 Å².